The summed E-state index contributed by atoms with van der Waals surface area (Å²) in [5.74, 6) is 1.80. The number of carbonyl (C=O) groups excluding carboxylic acids is 1. The Bertz CT molecular complexity index is 729. The fraction of sp³-hybridized carbons (Fsp3) is 0.526. The van der Waals surface area contributed by atoms with Crippen molar-refractivity contribution in [1.82, 2.24) is 20.4 Å². The Kier molecular flexibility index (Phi) is 6.27. The van der Waals surface area contributed by atoms with E-state index in [0.717, 1.165) is 38.0 Å². The number of nitrogens with zero attached hydrogens (tertiary/aromatic N) is 3. The van der Waals surface area contributed by atoms with Gasteiger partial charge >= 0.3 is 0 Å². The number of nitrogens with one attached hydrogen (secondary N) is 1. The third kappa shape index (κ3) is 5.05. The van der Waals surface area contributed by atoms with Gasteiger partial charge in [-0.3, -0.25) is 9.69 Å². The van der Waals surface area contributed by atoms with E-state index in [1.54, 1.807) is 0 Å². The molecule has 3 rings (SSSR count). The minimum absolute atomic E-state index is 0.0272. The van der Waals surface area contributed by atoms with Crippen LogP contribution in [0.2, 0.25) is 5.02 Å². The monoisotopic (exact) mass is 376 g/mol. The summed E-state index contributed by atoms with van der Waals surface area (Å²) in [6.07, 6.45) is 2.25. The van der Waals surface area contributed by atoms with Gasteiger partial charge in [-0.25, -0.2) is 0 Å². The van der Waals surface area contributed by atoms with Crippen LogP contribution in [0.25, 0.3) is 11.4 Å². The maximum absolute atomic E-state index is 11.8. The predicted molar refractivity (Wildman–Crippen MR) is 101 cm³/mol. The molecule has 1 N–H and O–H groups in total. The summed E-state index contributed by atoms with van der Waals surface area (Å²) >= 11 is 5.91. The first-order chi connectivity index (χ1) is 12.5. The summed E-state index contributed by atoms with van der Waals surface area (Å²) in [6.45, 7) is 7.12. The molecule has 1 aromatic carbocycles. The van der Waals surface area contributed by atoms with Crippen LogP contribution in [0.3, 0.4) is 0 Å². The normalized spacial score (nSPS) is 18.2. The van der Waals surface area contributed by atoms with Crippen LogP contribution in [0.4, 0.5) is 0 Å². The van der Waals surface area contributed by atoms with Crippen LogP contribution in [0.5, 0.6) is 0 Å². The number of hydrogen-bond donors (Lipinski definition) is 1. The van der Waals surface area contributed by atoms with Crippen molar-refractivity contribution in [3.05, 3.63) is 35.2 Å². The second-order valence-electron chi connectivity index (χ2n) is 7.16. The van der Waals surface area contributed by atoms with E-state index in [2.05, 4.69) is 20.4 Å². The molecule has 1 amide bonds. The van der Waals surface area contributed by atoms with E-state index in [9.17, 15) is 4.79 Å². The molecule has 1 atom stereocenters. The molecule has 140 valence electrons. The minimum Gasteiger partial charge on any atom is -0.356 e. The number of benzene rings is 1. The van der Waals surface area contributed by atoms with Crippen molar-refractivity contribution < 1.29 is 9.32 Å². The fourth-order valence-electron chi connectivity index (χ4n) is 3.14. The molecule has 1 aliphatic heterocycles. The van der Waals surface area contributed by atoms with E-state index < -0.39 is 0 Å². The largest absolute Gasteiger partial charge is 0.356 e. The molecule has 0 radical (unpaired) electrons. The van der Waals surface area contributed by atoms with Crippen molar-refractivity contribution in [3.63, 3.8) is 0 Å². The van der Waals surface area contributed by atoms with Gasteiger partial charge in [0.15, 0.2) is 0 Å². The quantitative estimate of drug-likeness (QED) is 0.836. The number of carbonyl (C=O) groups is 1. The van der Waals surface area contributed by atoms with Gasteiger partial charge in [0.1, 0.15) is 0 Å². The van der Waals surface area contributed by atoms with E-state index in [1.807, 2.05) is 38.1 Å². The molecule has 0 bridgehead atoms. The zero-order valence-electron chi connectivity index (χ0n) is 15.2. The summed E-state index contributed by atoms with van der Waals surface area (Å²) in [5.41, 5.74) is 0.886. The summed E-state index contributed by atoms with van der Waals surface area (Å²) in [6, 6.07) is 7.39. The molecule has 1 aliphatic rings. The highest BCUT2D eigenvalue weighted by molar-refractivity contribution is 6.30. The van der Waals surface area contributed by atoms with Gasteiger partial charge in [-0.15, -0.1) is 0 Å². The number of likely N-dealkylation sites (tertiary alicyclic amines) is 1. The van der Waals surface area contributed by atoms with E-state index in [-0.39, 0.29) is 11.8 Å². The molecule has 1 unspecified atom stereocenters. The van der Waals surface area contributed by atoms with E-state index >= 15 is 0 Å². The Morgan fingerprint density at radius 1 is 1.38 bits per heavy atom. The Morgan fingerprint density at radius 2 is 2.15 bits per heavy atom. The standard InChI is InChI=1S/C19H25ClN4O2/c1-13(2)19(25)21-10-14-4-3-9-24(11-14)12-17-22-18(23-26-17)15-5-7-16(20)8-6-15/h5-8,13-14H,3-4,9-12H2,1-2H3,(H,21,25). The van der Waals surface area contributed by atoms with Crippen LogP contribution in [0.15, 0.2) is 28.8 Å². The highest BCUT2D eigenvalue weighted by Gasteiger charge is 2.22. The lowest BCUT2D eigenvalue weighted by atomic mass is 9.98. The first-order valence-electron chi connectivity index (χ1n) is 9.10. The maximum Gasteiger partial charge on any atom is 0.241 e. The van der Waals surface area contributed by atoms with Gasteiger partial charge in [0.05, 0.1) is 6.54 Å². The third-order valence-corrected chi connectivity index (χ3v) is 4.87. The van der Waals surface area contributed by atoms with Crippen molar-refractivity contribution in [3.8, 4) is 11.4 Å². The van der Waals surface area contributed by atoms with Crippen LogP contribution in [-0.2, 0) is 11.3 Å². The number of hydrogen-bond acceptors (Lipinski definition) is 5. The van der Waals surface area contributed by atoms with Gasteiger partial charge < -0.3 is 9.84 Å². The molecule has 7 heteroatoms. The van der Waals surface area contributed by atoms with Crippen LogP contribution in [0, 0.1) is 11.8 Å². The van der Waals surface area contributed by atoms with E-state index in [4.69, 9.17) is 16.1 Å². The van der Waals surface area contributed by atoms with Crippen molar-refractivity contribution >= 4 is 17.5 Å². The van der Waals surface area contributed by atoms with Crippen LogP contribution in [-0.4, -0.2) is 40.6 Å². The number of piperidine rings is 1. The summed E-state index contributed by atoms with van der Waals surface area (Å²) < 4.78 is 5.41. The number of rotatable bonds is 6. The minimum atomic E-state index is 0.0272. The Hall–Kier alpha value is -1.92. The number of amides is 1. The summed E-state index contributed by atoms with van der Waals surface area (Å²) in [4.78, 5) is 18.6. The van der Waals surface area contributed by atoms with Gasteiger partial charge in [-0.05, 0) is 49.6 Å². The van der Waals surface area contributed by atoms with Gasteiger partial charge in [0.25, 0.3) is 0 Å². The Morgan fingerprint density at radius 3 is 2.88 bits per heavy atom. The fourth-order valence-corrected chi connectivity index (χ4v) is 3.26. The Labute approximate surface area is 158 Å². The smallest absolute Gasteiger partial charge is 0.241 e. The topological polar surface area (TPSA) is 71.3 Å². The lowest BCUT2D eigenvalue weighted by Gasteiger charge is -2.31. The zero-order chi connectivity index (χ0) is 18.5. The van der Waals surface area contributed by atoms with E-state index in [1.165, 1.54) is 0 Å². The molecule has 26 heavy (non-hydrogen) atoms. The number of aromatic nitrogens is 2. The van der Waals surface area contributed by atoms with Crippen molar-refractivity contribution in [2.24, 2.45) is 11.8 Å². The molecule has 0 saturated carbocycles. The third-order valence-electron chi connectivity index (χ3n) is 4.62. The molecule has 6 nitrogen and oxygen atoms in total. The van der Waals surface area contributed by atoms with Crippen LogP contribution >= 0.6 is 11.6 Å². The highest BCUT2D eigenvalue weighted by Crippen LogP contribution is 2.21. The van der Waals surface area contributed by atoms with E-state index in [0.29, 0.717) is 29.2 Å². The molecular formula is C19H25ClN4O2. The van der Waals surface area contributed by atoms with Crippen molar-refractivity contribution in [1.29, 1.82) is 0 Å². The molecule has 0 spiro atoms. The molecular weight excluding hydrogens is 352 g/mol. The SMILES string of the molecule is CC(C)C(=O)NCC1CCCN(Cc2nc(-c3ccc(Cl)cc3)no2)C1. The molecule has 0 aliphatic carbocycles. The molecule has 2 heterocycles. The molecule has 1 fully saturated rings. The number of halogens is 1. The second-order valence-corrected chi connectivity index (χ2v) is 7.60. The van der Waals surface area contributed by atoms with Gasteiger partial charge in [-0.1, -0.05) is 30.6 Å². The van der Waals surface area contributed by atoms with Crippen molar-refractivity contribution in [2.75, 3.05) is 19.6 Å². The van der Waals surface area contributed by atoms with Gasteiger partial charge in [-0.2, -0.15) is 4.98 Å². The maximum atomic E-state index is 11.8. The van der Waals surface area contributed by atoms with Gasteiger partial charge in [0.2, 0.25) is 17.6 Å². The first-order valence-corrected chi connectivity index (χ1v) is 9.47. The van der Waals surface area contributed by atoms with Crippen LogP contribution < -0.4 is 5.32 Å². The summed E-state index contributed by atoms with van der Waals surface area (Å²) in [7, 11) is 0. The zero-order valence-corrected chi connectivity index (χ0v) is 16.0. The average Bonchev–Trinajstić information content (AvgIpc) is 3.09. The first kappa shape index (κ1) is 18.9. The molecule has 1 saturated heterocycles. The Balaban J connectivity index is 1.54. The second kappa shape index (κ2) is 8.64. The lowest BCUT2D eigenvalue weighted by Crippen LogP contribution is -2.41. The lowest BCUT2D eigenvalue weighted by molar-refractivity contribution is -0.124. The average molecular weight is 377 g/mol. The van der Waals surface area contributed by atoms with Crippen molar-refractivity contribution in [2.45, 2.75) is 33.2 Å². The van der Waals surface area contributed by atoms with Crippen LogP contribution in [0.1, 0.15) is 32.6 Å². The summed E-state index contributed by atoms with van der Waals surface area (Å²) in [5, 5.41) is 7.79. The molecule has 1 aromatic heterocycles. The van der Waals surface area contributed by atoms with Gasteiger partial charge in [0, 0.05) is 29.6 Å². The highest BCUT2D eigenvalue weighted by atomic mass is 35.5. The molecule has 2 aromatic rings. The predicted octanol–water partition coefficient (Wildman–Crippen LogP) is 3.37.